The van der Waals surface area contributed by atoms with E-state index in [0.29, 0.717) is 17.5 Å². The molecule has 3 nitrogen and oxygen atoms in total. The van der Waals surface area contributed by atoms with Crippen LogP contribution in [-0.2, 0) is 10.8 Å². The molecule has 0 bridgehead atoms. The Kier molecular flexibility index (Phi) is 5.89. The first kappa shape index (κ1) is 27.5. The van der Waals surface area contributed by atoms with E-state index in [1.807, 2.05) is 42.5 Å². The van der Waals surface area contributed by atoms with Gasteiger partial charge in [0.2, 0.25) is 0 Å². The van der Waals surface area contributed by atoms with Crippen LogP contribution in [0.5, 0.6) is 0 Å². The molecule has 0 saturated carbocycles. The normalized spacial score (nSPS) is 15.5. The third-order valence-corrected chi connectivity index (χ3v) is 9.77. The summed E-state index contributed by atoms with van der Waals surface area (Å²) in [5, 5.41) is 0. The molecule has 1 unspecified atom stereocenters. The molecule has 1 atom stereocenters. The van der Waals surface area contributed by atoms with Crippen LogP contribution < -0.4 is 0 Å². The lowest BCUT2D eigenvalue weighted by Crippen LogP contribution is -2.26. The van der Waals surface area contributed by atoms with Crippen LogP contribution in [0.4, 0.5) is 0 Å². The van der Waals surface area contributed by atoms with E-state index in [-0.39, 0.29) is 5.41 Å². The maximum absolute atomic E-state index is 5.09. The molecule has 47 heavy (non-hydrogen) atoms. The van der Waals surface area contributed by atoms with E-state index in [4.69, 9.17) is 15.0 Å². The summed E-state index contributed by atoms with van der Waals surface area (Å²) in [6.07, 6.45) is 0. The Bertz CT molecular complexity index is 2260. The van der Waals surface area contributed by atoms with E-state index < -0.39 is 5.41 Å². The smallest absolute Gasteiger partial charge is 0.164 e. The number of rotatable bonds is 3. The summed E-state index contributed by atoms with van der Waals surface area (Å²) in [5.74, 6) is 1.97. The van der Waals surface area contributed by atoms with Gasteiger partial charge in [-0.2, -0.15) is 0 Å². The van der Waals surface area contributed by atoms with E-state index >= 15 is 0 Å². The lowest BCUT2D eigenvalue weighted by molar-refractivity contribution is 0.588. The summed E-state index contributed by atoms with van der Waals surface area (Å²) in [7, 11) is 0. The van der Waals surface area contributed by atoms with Crippen molar-refractivity contribution in [3.63, 3.8) is 0 Å². The second-order valence-corrected chi connectivity index (χ2v) is 13.5. The molecule has 1 spiro atoms. The van der Waals surface area contributed by atoms with E-state index in [1.54, 1.807) is 0 Å². The van der Waals surface area contributed by atoms with Crippen molar-refractivity contribution in [1.82, 2.24) is 15.0 Å². The molecule has 3 heteroatoms. The molecule has 1 aromatic heterocycles. The monoisotopic (exact) mass is 601 g/mol. The predicted octanol–water partition coefficient (Wildman–Crippen LogP) is 10.1. The van der Waals surface area contributed by atoms with Crippen molar-refractivity contribution in [3.05, 3.63) is 173 Å². The van der Waals surface area contributed by atoms with Gasteiger partial charge in [-0.3, -0.25) is 0 Å². The van der Waals surface area contributed by atoms with E-state index in [0.717, 1.165) is 22.3 Å². The fraction of sp³-hybridized carbons (Fsp3) is 0.114. The molecule has 0 fully saturated rings. The van der Waals surface area contributed by atoms with E-state index in [1.165, 1.54) is 44.5 Å². The van der Waals surface area contributed by atoms with Gasteiger partial charge in [-0.25, -0.2) is 15.0 Å². The molecule has 0 aliphatic heterocycles. The molecule has 0 N–H and O–H groups in total. The first-order chi connectivity index (χ1) is 22.9. The van der Waals surface area contributed by atoms with Crippen LogP contribution in [0.2, 0.25) is 0 Å². The fourth-order valence-electron chi connectivity index (χ4n) is 7.54. The van der Waals surface area contributed by atoms with E-state index in [9.17, 15) is 0 Å². The van der Waals surface area contributed by atoms with Crippen LogP contribution in [0, 0.1) is 12.1 Å². The molecular formula is C44H31N3. The maximum Gasteiger partial charge on any atom is 0.164 e. The van der Waals surface area contributed by atoms with Crippen LogP contribution in [0.1, 0.15) is 48.6 Å². The zero-order valence-corrected chi connectivity index (χ0v) is 26.5. The zero-order chi connectivity index (χ0) is 31.8. The number of hydrogen-bond acceptors (Lipinski definition) is 3. The van der Waals surface area contributed by atoms with Crippen molar-refractivity contribution in [2.45, 2.75) is 31.6 Å². The van der Waals surface area contributed by atoms with Crippen LogP contribution in [0.15, 0.2) is 133 Å². The summed E-state index contributed by atoms with van der Waals surface area (Å²) in [6.45, 7) is 6.86. The largest absolute Gasteiger partial charge is 0.208 e. The van der Waals surface area contributed by atoms with Gasteiger partial charge in [-0.1, -0.05) is 148 Å². The molecule has 222 valence electrons. The topological polar surface area (TPSA) is 38.7 Å². The second kappa shape index (κ2) is 10.1. The first-order valence-corrected chi connectivity index (χ1v) is 16.1. The highest BCUT2D eigenvalue weighted by molar-refractivity contribution is 5.95. The summed E-state index contributed by atoms with van der Waals surface area (Å²) < 4.78 is 0. The minimum absolute atomic E-state index is 0.00378. The van der Waals surface area contributed by atoms with Crippen LogP contribution in [0.25, 0.3) is 56.4 Å². The molecule has 2 aliphatic rings. The Morgan fingerprint density at radius 3 is 1.74 bits per heavy atom. The van der Waals surface area contributed by atoms with Gasteiger partial charge in [0.1, 0.15) is 0 Å². The molecule has 0 amide bonds. The van der Waals surface area contributed by atoms with Crippen molar-refractivity contribution < 1.29 is 0 Å². The number of nitrogens with zero attached hydrogens (tertiary/aromatic N) is 3. The Hall–Kier alpha value is -5.85. The maximum atomic E-state index is 5.09. The van der Waals surface area contributed by atoms with Crippen molar-refractivity contribution in [3.8, 4) is 56.4 Å². The van der Waals surface area contributed by atoms with Crippen molar-refractivity contribution in [1.29, 1.82) is 0 Å². The third kappa shape index (κ3) is 4.05. The van der Waals surface area contributed by atoms with Crippen LogP contribution in [0.3, 0.4) is 0 Å². The number of fused-ring (bicyclic) bond motifs is 10. The fourth-order valence-corrected chi connectivity index (χ4v) is 7.54. The summed E-state index contributed by atoms with van der Waals surface area (Å²) in [6, 6.07) is 54.0. The van der Waals surface area contributed by atoms with Gasteiger partial charge in [0.25, 0.3) is 0 Å². The molecule has 0 saturated heterocycles. The molecule has 9 rings (SSSR count). The minimum Gasteiger partial charge on any atom is -0.208 e. The molecule has 0 radical (unpaired) electrons. The lowest BCUT2D eigenvalue weighted by Gasteiger charge is -2.31. The third-order valence-electron chi connectivity index (χ3n) is 9.77. The molecule has 1 heterocycles. The number of aromatic nitrogens is 3. The minimum atomic E-state index is -0.503. The van der Waals surface area contributed by atoms with Crippen molar-refractivity contribution in [2.24, 2.45) is 0 Å². The SMILES string of the molecule is CC(C)(C)c1ccc2c(c1)C1(c3ccc#cc3-2)c2ccccc2-c2ccc(-c3nc(-c4ccccc4)nc(-c4ccccc4)n3)cc21. The number of hydrogen-bond donors (Lipinski definition) is 0. The van der Waals surface area contributed by atoms with Gasteiger partial charge in [0, 0.05) is 22.3 Å². The average molecular weight is 602 g/mol. The van der Waals surface area contributed by atoms with Gasteiger partial charge < -0.3 is 0 Å². The van der Waals surface area contributed by atoms with Crippen molar-refractivity contribution in [2.75, 3.05) is 0 Å². The Morgan fingerprint density at radius 1 is 0.489 bits per heavy atom. The van der Waals surface area contributed by atoms with E-state index in [2.05, 4.69) is 124 Å². The summed E-state index contributed by atoms with van der Waals surface area (Å²) in [4.78, 5) is 15.1. The van der Waals surface area contributed by atoms with Crippen LogP contribution >= 0.6 is 0 Å². The molecule has 7 aromatic rings. The van der Waals surface area contributed by atoms with Gasteiger partial charge in [0.15, 0.2) is 17.5 Å². The first-order valence-electron chi connectivity index (χ1n) is 16.1. The summed E-state index contributed by atoms with van der Waals surface area (Å²) >= 11 is 0. The Morgan fingerprint density at radius 2 is 1.06 bits per heavy atom. The van der Waals surface area contributed by atoms with Gasteiger partial charge >= 0.3 is 0 Å². The molecular weight excluding hydrogens is 571 g/mol. The predicted molar refractivity (Wildman–Crippen MR) is 189 cm³/mol. The number of benzene rings is 5. The van der Waals surface area contributed by atoms with Crippen molar-refractivity contribution >= 4 is 0 Å². The van der Waals surface area contributed by atoms with Gasteiger partial charge in [-0.05, 0) is 68.1 Å². The molecule has 2 aliphatic carbocycles. The molecule has 6 aromatic carbocycles. The average Bonchev–Trinajstić information content (AvgIpc) is 3.58. The van der Waals surface area contributed by atoms with Gasteiger partial charge in [-0.15, -0.1) is 0 Å². The Labute approximate surface area is 275 Å². The summed E-state index contributed by atoms with van der Waals surface area (Å²) in [5.41, 5.74) is 13.6. The van der Waals surface area contributed by atoms with Crippen LogP contribution in [-0.4, -0.2) is 15.0 Å². The zero-order valence-electron chi connectivity index (χ0n) is 26.5. The highest BCUT2D eigenvalue weighted by atomic mass is 15.0. The highest BCUT2D eigenvalue weighted by Crippen LogP contribution is 2.63. The Balaban J connectivity index is 1.33. The quantitative estimate of drug-likeness (QED) is 0.202. The second-order valence-electron chi connectivity index (χ2n) is 13.5. The van der Waals surface area contributed by atoms with Gasteiger partial charge in [0.05, 0.1) is 5.41 Å². The standard InChI is InChI=1S/C44H31N3/c1-43(2,3)31-23-25-35-33-19-11-13-21-37(33)44(39(35)27-31)36-20-12-10-18-32(36)34-24-22-30(26-38(34)44)42-46-40(28-14-6-4-7-15-28)45-41(47-42)29-16-8-5-9-17-29/h4-10,12-18,20-27H,1-3H3. The highest BCUT2D eigenvalue weighted by Gasteiger charge is 2.52. The lowest BCUT2D eigenvalue weighted by atomic mass is 9.69.